The highest BCUT2D eigenvalue weighted by atomic mass is 15.2. The van der Waals surface area contributed by atoms with Crippen LogP contribution in [0.5, 0.6) is 0 Å². The molecule has 0 bridgehead atoms. The van der Waals surface area contributed by atoms with Crippen LogP contribution in [-0.4, -0.2) is 38.2 Å². The monoisotopic (exact) mass is 220 g/mol. The lowest BCUT2D eigenvalue weighted by molar-refractivity contribution is 0.480. The van der Waals surface area contributed by atoms with Gasteiger partial charge >= 0.3 is 0 Å². The summed E-state index contributed by atoms with van der Waals surface area (Å²) in [5.41, 5.74) is 1.13. The zero-order valence-electron chi connectivity index (χ0n) is 10.0. The molecule has 1 aliphatic heterocycles. The van der Waals surface area contributed by atoms with E-state index in [1.54, 1.807) is 0 Å². The third kappa shape index (κ3) is 2.64. The van der Waals surface area contributed by atoms with E-state index in [4.69, 9.17) is 0 Å². The zero-order chi connectivity index (χ0) is 11.4. The number of anilines is 2. The Bertz CT molecular complexity index is 332. The number of piperidine rings is 1. The molecule has 2 heterocycles. The van der Waals surface area contributed by atoms with Crippen LogP contribution in [0, 0.1) is 0 Å². The zero-order valence-corrected chi connectivity index (χ0v) is 10.0. The fourth-order valence-corrected chi connectivity index (χ4v) is 2.06. The first-order valence-corrected chi connectivity index (χ1v) is 5.87. The summed E-state index contributed by atoms with van der Waals surface area (Å²) in [6, 6.07) is 4.60. The summed E-state index contributed by atoms with van der Waals surface area (Å²) in [5, 5.41) is 6.97. The molecule has 4 heteroatoms. The van der Waals surface area contributed by atoms with Gasteiger partial charge in [0.2, 0.25) is 0 Å². The minimum Gasteiger partial charge on any atom is -0.378 e. The SMILES string of the molecule is CN(C)c1ncccc1NC1CCCNC1. The van der Waals surface area contributed by atoms with Crippen molar-refractivity contribution in [2.45, 2.75) is 18.9 Å². The lowest BCUT2D eigenvalue weighted by Gasteiger charge is -2.26. The molecule has 0 aliphatic carbocycles. The molecule has 1 aromatic rings. The molecule has 1 atom stereocenters. The van der Waals surface area contributed by atoms with Gasteiger partial charge in [-0.25, -0.2) is 4.98 Å². The standard InChI is InChI=1S/C12H20N4/c1-16(2)12-11(6-4-8-14-12)15-10-5-3-7-13-9-10/h4,6,8,10,13,15H,3,5,7,9H2,1-2H3. The van der Waals surface area contributed by atoms with E-state index in [2.05, 4.69) is 21.7 Å². The van der Waals surface area contributed by atoms with Gasteiger partial charge in [0.1, 0.15) is 0 Å². The van der Waals surface area contributed by atoms with Crippen LogP contribution in [0.15, 0.2) is 18.3 Å². The van der Waals surface area contributed by atoms with Gasteiger partial charge in [-0.3, -0.25) is 0 Å². The van der Waals surface area contributed by atoms with Crippen LogP contribution in [-0.2, 0) is 0 Å². The highest BCUT2D eigenvalue weighted by molar-refractivity contribution is 5.65. The molecule has 2 rings (SSSR count). The van der Waals surface area contributed by atoms with E-state index in [-0.39, 0.29) is 0 Å². The number of nitrogens with one attached hydrogen (secondary N) is 2. The molecular weight excluding hydrogens is 200 g/mol. The molecular formula is C12H20N4. The number of hydrogen-bond acceptors (Lipinski definition) is 4. The minimum absolute atomic E-state index is 0.525. The predicted molar refractivity (Wildman–Crippen MR) is 68.1 cm³/mol. The summed E-state index contributed by atoms with van der Waals surface area (Å²) in [6.07, 6.45) is 4.31. The first kappa shape index (κ1) is 11.2. The first-order valence-electron chi connectivity index (χ1n) is 5.87. The number of aromatic nitrogens is 1. The third-order valence-electron chi connectivity index (χ3n) is 2.87. The second-order valence-corrected chi connectivity index (χ2v) is 4.46. The minimum atomic E-state index is 0.525. The van der Waals surface area contributed by atoms with Crippen LogP contribution in [0.25, 0.3) is 0 Å². The summed E-state index contributed by atoms with van der Waals surface area (Å²) in [6.45, 7) is 2.19. The summed E-state index contributed by atoms with van der Waals surface area (Å²) in [7, 11) is 4.04. The normalized spacial score (nSPS) is 20.5. The van der Waals surface area contributed by atoms with Gasteiger partial charge in [-0.05, 0) is 31.5 Å². The second kappa shape index (κ2) is 5.16. The van der Waals surface area contributed by atoms with Crippen molar-refractivity contribution in [3.8, 4) is 0 Å². The number of pyridine rings is 1. The summed E-state index contributed by atoms with van der Waals surface area (Å²) in [5.74, 6) is 1.01. The quantitative estimate of drug-likeness (QED) is 0.806. The first-order chi connectivity index (χ1) is 7.77. The van der Waals surface area contributed by atoms with Crippen molar-refractivity contribution in [1.82, 2.24) is 10.3 Å². The van der Waals surface area contributed by atoms with E-state index in [9.17, 15) is 0 Å². The van der Waals surface area contributed by atoms with E-state index in [1.807, 2.05) is 31.3 Å². The number of rotatable bonds is 3. The smallest absolute Gasteiger partial charge is 0.151 e. The van der Waals surface area contributed by atoms with Crippen molar-refractivity contribution < 1.29 is 0 Å². The molecule has 0 aromatic carbocycles. The molecule has 1 saturated heterocycles. The van der Waals surface area contributed by atoms with Crippen LogP contribution in [0.1, 0.15) is 12.8 Å². The molecule has 88 valence electrons. The molecule has 1 aromatic heterocycles. The molecule has 0 spiro atoms. The van der Waals surface area contributed by atoms with E-state index in [1.165, 1.54) is 12.8 Å². The van der Waals surface area contributed by atoms with Crippen molar-refractivity contribution in [3.63, 3.8) is 0 Å². The van der Waals surface area contributed by atoms with E-state index < -0.39 is 0 Å². The Labute approximate surface area is 97.1 Å². The van der Waals surface area contributed by atoms with Gasteiger partial charge in [-0.1, -0.05) is 0 Å². The largest absolute Gasteiger partial charge is 0.378 e. The summed E-state index contributed by atoms with van der Waals surface area (Å²) in [4.78, 5) is 6.43. The Balaban J connectivity index is 2.07. The van der Waals surface area contributed by atoms with E-state index in [0.29, 0.717) is 6.04 Å². The van der Waals surface area contributed by atoms with Crippen LogP contribution >= 0.6 is 0 Å². The van der Waals surface area contributed by atoms with Crippen molar-refractivity contribution in [1.29, 1.82) is 0 Å². The Morgan fingerprint density at radius 1 is 1.50 bits per heavy atom. The molecule has 2 N–H and O–H groups in total. The van der Waals surface area contributed by atoms with Crippen molar-refractivity contribution in [2.24, 2.45) is 0 Å². The second-order valence-electron chi connectivity index (χ2n) is 4.46. The maximum Gasteiger partial charge on any atom is 0.151 e. The summed E-state index contributed by atoms with van der Waals surface area (Å²) < 4.78 is 0. The van der Waals surface area contributed by atoms with Gasteiger partial charge in [0.15, 0.2) is 5.82 Å². The van der Waals surface area contributed by atoms with E-state index >= 15 is 0 Å². The van der Waals surface area contributed by atoms with Gasteiger partial charge in [0.05, 0.1) is 5.69 Å². The third-order valence-corrected chi connectivity index (χ3v) is 2.87. The van der Waals surface area contributed by atoms with Crippen LogP contribution in [0.4, 0.5) is 11.5 Å². The molecule has 0 saturated carbocycles. The van der Waals surface area contributed by atoms with Crippen molar-refractivity contribution in [2.75, 3.05) is 37.4 Å². The van der Waals surface area contributed by atoms with Gasteiger partial charge in [0.25, 0.3) is 0 Å². The maximum absolute atomic E-state index is 4.39. The Morgan fingerprint density at radius 3 is 3.06 bits per heavy atom. The molecule has 0 radical (unpaired) electrons. The molecule has 4 nitrogen and oxygen atoms in total. The molecule has 0 amide bonds. The fourth-order valence-electron chi connectivity index (χ4n) is 2.06. The Kier molecular flexibility index (Phi) is 3.62. The predicted octanol–water partition coefficient (Wildman–Crippen LogP) is 1.31. The highest BCUT2D eigenvalue weighted by Crippen LogP contribution is 2.22. The van der Waals surface area contributed by atoms with Gasteiger partial charge in [0, 0.05) is 32.9 Å². The molecule has 1 fully saturated rings. The van der Waals surface area contributed by atoms with Gasteiger partial charge in [-0.15, -0.1) is 0 Å². The lowest BCUT2D eigenvalue weighted by Crippen LogP contribution is -2.38. The fraction of sp³-hybridized carbons (Fsp3) is 0.583. The number of nitrogens with zero attached hydrogens (tertiary/aromatic N) is 2. The van der Waals surface area contributed by atoms with E-state index in [0.717, 1.165) is 24.6 Å². The van der Waals surface area contributed by atoms with Crippen molar-refractivity contribution >= 4 is 11.5 Å². The van der Waals surface area contributed by atoms with Crippen LogP contribution in [0.3, 0.4) is 0 Å². The van der Waals surface area contributed by atoms with Gasteiger partial charge in [-0.2, -0.15) is 0 Å². The highest BCUT2D eigenvalue weighted by Gasteiger charge is 2.14. The lowest BCUT2D eigenvalue weighted by atomic mass is 10.1. The number of hydrogen-bond donors (Lipinski definition) is 2. The Hall–Kier alpha value is -1.29. The summed E-state index contributed by atoms with van der Waals surface area (Å²) >= 11 is 0. The van der Waals surface area contributed by atoms with Crippen LogP contribution in [0.2, 0.25) is 0 Å². The van der Waals surface area contributed by atoms with Crippen molar-refractivity contribution in [3.05, 3.63) is 18.3 Å². The Morgan fingerprint density at radius 2 is 2.38 bits per heavy atom. The average Bonchev–Trinajstić information content (AvgIpc) is 2.31. The molecule has 16 heavy (non-hydrogen) atoms. The van der Waals surface area contributed by atoms with Crippen LogP contribution < -0.4 is 15.5 Å². The van der Waals surface area contributed by atoms with Gasteiger partial charge < -0.3 is 15.5 Å². The topological polar surface area (TPSA) is 40.2 Å². The average molecular weight is 220 g/mol. The maximum atomic E-state index is 4.39. The molecule has 1 aliphatic rings. The molecule has 1 unspecified atom stereocenters.